The van der Waals surface area contributed by atoms with Gasteiger partial charge in [-0.25, -0.2) is 0 Å². The van der Waals surface area contributed by atoms with Gasteiger partial charge in [-0.1, -0.05) is 25.4 Å². The molecular formula is C14H20ClNO2. The third kappa shape index (κ3) is 3.72. The molecule has 0 radical (unpaired) electrons. The highest BCUT2D eigenvalue weighted by Crippen LogP contribution is 2.27. The lowest BCUT2D eigenvalue weighted by Gasteiger charge is -2.17. The fourth-order valence-corrected chi connectivity index (χ4v) is 2.14. The van der Waals surface area contributed by atoms with Gasteiger partial charge in [0, 0.05) is 17.5 Å². The smallest absolute Gasteiger partial charge is 0.170 e. The van der Waals surface area contributed by atoms with Crippen LogP contribution in [0.15, 0.2) is 18.2 Å². The molecule has 0 aliphatic heterocycles. The number of Topliss-reactive ketones (excluding diaryl/α,β-unsaturated/α-hetero) is 1. The first-order valence-corrected chi connectivity index (χ1v) is 6.45. The Morgan fingerprint density at radius 2 is 2.11 bits per heavy atom. The summed E-state index contributed by atoms with van der Waals surface area (Å²) in [6.07, 6.45) is 0.769. The number of rotatable bonds is 6. The number of ether oxygens (including phenoxy) is 1. The van der Waals surface area contributed by atoms with Crippen LogP contribution in [0.1, 0.15) is 30.6 Å². The van der Waals surface area contributed by atoms with Crippen LogP contribution in [0.25, 0.3) is 0 Å². The quantitative estimate of drug-likeness (QED) is 0.807. The van der Waals surface area contributed by atoms with Crippen LogP contribution < -0.4 is 10.5 Å². The molecule has 1 aromatic carbocycles. The zero-order valence-corrected chi connectivity index (χ0v) is 11.8. The van der Waals surface area contributed by atoms with Gasteiger partial charge in [0.25, 0.3) is 0 Å². The van der Waals surface area contributed by atoms with Gasteiger partial charge in [-0.2, -0.15) is 0 Å². The van der Waals surface area contributed by atoms with Gasteiger partial charge in [0.1, 0.15) is 5.75 Å². The molecule has 1 aromatic rings. The lowest BCUT2D eigenvalue weighted by Crippen LogP contribution is -2.25. The molecule has 0 amide bonds. The second-order valence-corrected chi connectivity index (χ2v) is 5.21. The Labute approximate surface area is 113 Å². The van der Waals surface area contributed by atoms with Crippen molar-refractivity contribution in [3.05, 3.63) is 28.8 Å². The van der Waals surface area contributed by atoms with Crippen molar-refractivity contribution < 1.29 is 9.53 Å². The Morgan fingerprint density at radius 3 is 2.61 bits per heavy atom. The molecule has 2 N–H and O–H groups in total. The lowest BCUT2D eigenvalue weighted by molar-refractivity contribution is 0.0905. The summed E-state index contributed by atoms with van der Waals surface area (Å²) in [6.45, 7) is 4.49. The molecule has 0 spiro atoms. The highest BCUT2D eigenvalue weighted by Gasteiger charge is 2.22. The van der Waals surface area contributed by atoms with Gasteiger partial charge in [0.15, 0.2) is 5.78 Å². The van der Waals surface area contributed by atoms with Crippen molar-refractivity contribution in [3.8, 4) is 5.75 Å². The molecule has 0 aliphatic carbocycles. The molecular weight excluding hydrogens is 250 g/mol. The second-order valence-electron chi connectivity index (χ2n) is 4.77. The molecule has 0 bridgehead atoms. The normalized spacial score (nSPS) is 12.6. The number of benzene rings is 1. The van der Waals surface area contributed by atoms with Crippen LogP contribution in [0.4, 0.5) is 0 Å². The van der Waals surface area contributed by atoms with Gasteiger partial charge in [-0.3, -0.25) is 4.79 Å². The summed E-state index contributed by atoms with van der Waals surface area (Å²) in [5.74, 6) is 0.794. The van der Waals surface area contributed by atoms with E-state index in [2.05, 4.69) is 13.8 Å². The van der Waals surface area contributed by atoms with E-state index in [1.54, 1.807) is 25.3 Å². The molecule has 0 heterocycles. The zero-order valence-electron chi connectivity index (χ0n) is 11.1. The summed E-state index contributed by atoms with van der Waals surface area (Å²) >= 11 is 5.93. The first-order chi connectivity index (χ1) is 8.49. The Hall–Kier alpha value is -1.06. The van der Waals surface area contributed by atoms with Gasteiger partial charge in [-0.05, 0) is 30.5 Å². The second kappa shape index (κ2) is 6.76. The van der Waals surface area contributed by atoms with Crippen molar-refractivity contribution in [2.45, 2.75) is 20.3 Å². The largest absolute Gasteiger partial charge is 0.496 e. The number of methoxy groups -OCH3 is 1. The maximum atomic E-state index is 12.4. The number of carbonyl (C=O) groups excluding carboxylic acids is 1. The zero-order chi connectivity index (χ0) is 13.7. The molecule has 0 aliphatic rings. The number of hydrogen-bond acceptors (Lipinski definition) is 3. The van der Waals surface area contributed by atoms with Crippen molar-refractivity contribution in [2.75, 3.05) is 13.7 Å². The molecule has 3 nitrogen and oxygen atoms in total. The molecule has 18 heavy (non-hydrogen) atoms. The van der Waals surface area contributed by atoms with Crippen molar-refractivity contribution in [1.82, 2.24) is 0 Å². The maximum absolute atomic E-state index is 12.4. The summed E-state index contributed by atoms with van der Waals surface area (Å²) in [7, 11) is 1.54. The number of halogens is 1. The number of carbonyl (C=O) groups is 1. The SMILES string of the molecule is COc1ccc(Cl)cc1C(=O)C(CN)CC(C)C. The van der Waals surface area contributed by atoms with E-state index in [-0.39, 0.29) is 11.7 Å². The minimum atomic E-state index is -0.183. The van der Waals surface area contributed by atoms with Crippen LogP contribution in [-0.4, -0.2) is 19.4 Å². The topological polar surface area (TPSA) is 52.3 Å². The first-order valence-electron chi connectivity index (χ1n) is 6.07. The van der Waals surface area contributed by atoms with Gasteiger partial charge in [0.2, 0.25) is 0 Å². The van der Waals surface area contributed by atoms with E-state index in [9.17, 15) is 4.79 Å². The van der Waals surface area contributed by atoms with Crippen LogP contribution in [0, 0.1) is 11.8 Å². The fourth-order valence-electron chi connectivity index (χ4n) is 1.97. The summed E-state index contributed by atoms with van der Waals surface area (Å²) in [4.78, 5) is 12.4. The minimum absolute atomic E-state index is 0.00514. The Balaban J connectivity index is 3.04. The third-order valence-corrected chi connectivity index (χ3v) is 3.07. The monoisotopic (exact) mass is 269 g/mol. The Morgan fingerprint density at radius 1 is 1.44 bits per heavy atom. The molecule has 1 unspecified atom stereocenters. The highest BCUT2D eigenvalue weighted by atomic mass is 35.5. The maximum Gasteiger partial charge on any atom is 0.170 e. The summed E-state index contributed by atoms with van der Waals surface area (Å²) < 4.78 is 5.20. The van der Waals surface area contributed by atoms with Crippen LogP contribution in [-0.2, 0) is 0 Å². The predicted octanol–water partition coefficient (Wildman–Crippen LogP) is 3.15. The van der Waals surface area contributed by atoms with E-state index in [0.717, 1.165) is 6.42 Å². The molecule has 0 aromatic heterocycles. The van der Waals surface area contributed by atoms with Crippen molar-refractivity contribution >= 4 is 17.4 Å². The van der Waals surface area contributed by atoms with E-state index in [1.807, 2.05) is 0 Å². The molecule has 1 atom stereocenters. The van der Waals surface area contributed by atoms with E-state index < -0.39 is 0 Å². The predicted molar refractivity (Wildman–Crippen MR) is 74.3 cm³/mol. The van der Waals surface area contributed by atoms with E-state index in [4.69, 9.17) is 22.1 Å². The van der Waals surface area contributed by atoms with E-state index >= 15 is 0 Å². The third-order valence-electron chi connectivity index (χ3n) is 2.84. The standard InChI is InChI=1S/C14H20ClNO2/c1-9(2)6-10(8-16)14(17)12-7-11(15)4-5-13(12)18-3/h4-5,7,9-10H,6,8,16H2,1-3H3. The fraction of sp³-hybridized carbons (Fsp3) is 0.500. The van der Waals surface area contributed by atoms with Gasteiger partial charge in [-0.15, -0.1) is 0 Å². The Kier molecular flexibility index (Phi) is 5.63. The van der Waals surface area contributed by atoms with Gasteiger partial charge >= 0.3 is 0 Å². The molecule has 4 heteroatoms. The van der Waals surface area contributed by atoms with Crippen LogP contribution >= 0.6 is 11.6 Å². The van der Waals surface area contributed by atoms with E-state index in [1.165, 1.54) is 0 Å². The number of hydrogen-bond donors (Lipinski definition) is 1. The van der Waals surface area contributed by atoms with Gasteiger partial charge < -0.3 is 10.5 Å². The average Bonchev–Trinajstić information content (AvgIpc) is 2.34. The summed E-state index contributed by atoms with van der Waals surface area (Å²) in [5.41, 5.74) is 6.21. The molecule has 0 saturated heterocycles. The van der Waals surface area contributed by atoms with Crippen molar-refractivity contribution in [3.63, 3.8) is 0 Å². The van der Waals surface area contributed by atoms with Gasteiger partial charge in [0.05, 0.1) is 12.7 Å². The number of ketones is 1. The summed E-state index contributed by atoms with van der Waals surface area (Å²) in [6, 6.07) is 5.06. The first kappa shape index (κ1) is 15.0. The van der Waals surface area contributed by atoms with Crippen LogP contribution in [0.2, 0.25) is 5.02 Å². The molecule has 1 rings (SSSR count). The molecule has 0 fully saturated rings. The molecule has 100 valence electrons. The average molecular weight is 270 g/mol. The molecule has 0 saturated carbocycles. The van der Waals surface area contributed by atoms with Crippen LogP contribution in [0.3, 0.4) is 0 Å². The summed E-state index contributed by atoms with van der Waals surface area (Å²) in [5, 5.41) is 0.527. The van der Waals surface area contributed by atoms with E-state index in [0.29, 0.717) is 28.8 Å². The highest BCUT2D eigenvalue weighted by molar-refractivity contribution is 6.31. The van der Waals surface area contributed by atoms with Crippen LogP contribution in [0.5, 0.6) is 5.75 Å². The van der Waals surface area contributed by atoms with Crippen molar-refractivity contribution in [1.29, 1.82) is 0 Å². The minimum Gasteiger partial charge on any atom is -0.496 e. The number of nitrogens with two attached hydrogens (primary N) is 1. The lowest BCUT2D eigenvalue weighted by atomic mass is 9.89. The van der Waals surface area contributed by atoms with Crippen molar-refractivity contribution in [2.24, 2.45) is 17.6 Å². The Bertz CT molecular complexity index is 418.